The van der Waals surface area contributed by atoms with Gasteiger partial charge >= 0.3 is 17.9 Å². The van der Waals surface area contributed by atoms with Crippen molar-refractivity contribution in [3.8, 4) is 0 Å². The van der Waals surface area contributed by atoms with Gasteiger partial charge in [-0.05, 0) is 83.5 Å². The summed E-state index contributed by atoms with van der Waals surface area (Å²) in [6.45, 7) is 6.60. The molecule has 0 spiro atoms. The number of rotatable bonds is 56. The fourth-order valence-electron chi connectivity index (χ4n) is 8.84. The van der Waals surface area contributed by atoms with Crippen molar-refractivity contribution in [2.24, 2.45) is 0 Å². The molecule has 71 heavy (non-hydrogen) atoms. The molecule has 0 rings (SSSR count). The number of carbonyl (C=O) groups excluding carboxylic acids is 3. The molecule has 0 fully saturated rings. The fourth-order valence-corrected chi connectivity index (χ4v) is 8.84. The second-order valence-corrected chi connectivity index (χ2v) is 20.6. The van der Waals surface area contributed by atoms with Crippen LogP contribution in [0, 0.1) is 0 Å². The van der Waals surface area contributed by atoms with Crippen LogP contribution in [0.3, 0.4) is 0 Å². The minimum Gasteiger partial charge on any atom is -0.462 e. The second-order valence-electron chi connectivity index (χ2n) is 20.6. The predicted molar refractivity (Wildman–Crippen MR) is 307 cm³/mol. The lowest BCUT2D eigenvalue weighted by molar-refractivity contribution is -0.167. The van der Waals surface area contributed by atoms with Crippen molar-refractivity contribution in [3.63, 3.8) is 0 Å². The van der Waals surface area contributed by atoms with E-state index in [1.807, 2.05) is 0 Å². The summed E-state index contributed by atoms with van der Waals surface area (Å²) >= 11 is 0. The van der Waals surface area contributed by atoms with Crippen molar-refractivity contribution in [2.45, 2.75) is 322 Å². The zero-order valence-electron chi connectivity index (χ0n) is 47.2. The summed E-state index contributed by atoms with van der Waals surface area (Å²) in [5.41, 5.74) is 0. The van der Waals surface area contributed by atoms with Gasteiger partial charge in [0.05, 0.1) is 0 Å². The van der Waals surface area contributed by atoms with E-state index in [1.54, 1.807) is 0 Å². The van der Waals surface area contributed by atoms with Gasteiger partial charge in [0.15, 0.2) is 6.10 Å². The van der Waals surface area contributed by atoms with Gasteiger partial charge in [-0.15, -0.1) is 0 Å². The van der Waals surface area contributed by atoms with Crippen molar-refractivity contribution in [3.05, 3.63) is 60.8 Å². The third-order valence-corrected chi connectivity index (χ3v) is 13.5. The van der Waals surface area contributed by atoms with Gasteiger partial charge in [0.1, 0.15) is 13.2 Å². The van der Waals surface area contributed by atoms with E-state index in [4.69, 9.17) is 14.2 Å². The smallest absolute Gasteiger partial charge is 0.306 e. The summed E-state index contributed by atoms with van der Waals surface area (Å²) in [7, 11) is 0. The molecule has 0 aromatic carbocycles. The lowest BCUT2D eigenvalue weighted by Gasteiger charge is -2.18. The highest BCUT2D eigenvalue weighted by Gasteiger charge is 2.19. The Labute approximate surface area is 440 Å². The number of esters is 3. The largest absolute Gasteiger partial charge is 0.462 e. The maximum absolute atomic E-state index is 12.9. The predicted octanol–water partition coefficient (Wildman–Crippen LogP) is 20.8. The molecule has 0 aromatic rings. The first-order valence-electron chi connectivity index (χ1n) is 30.8. The minimum absolute atomic E-state index is 0.0885. The molecule has 0 aliphatic heterocycles. The lowest BCUT2D eigenvalue weighted by atomic mass is 10.0. The molecular weight excluding hydrogens is 877 g/mol. The van der Waals surface area contributed by atoms with Crippen LogP contribution in [0.25, 0.3) is 0 Å². The van der Waals surface area contributed by atoms with Gasteiger partial charge in [-0.3, -0.25) is 14.4 Å². The molecule has 6 heteroatoms. The highest BCUT2D eigenvalue weighted by molar-refractivity contribution is 5.71. The molecule has 6 nitrogen and oxygen atoms in total. The van der Waals surface area contributed by atoms with Crippen LogP contribution >= 0.6 is 0 Å². The Kier molecular flexibility index (Phi) is 57.2. The Hall–Kier alpha value is -2.89. The summed E-state index contributed by atoms with van der Waals surface area (Å²) in [6.07, 6.45) is 75.1. The molecule has 0 saturated heterocycles. The number of carbonyl (C=O) groups is 3. The molecule has 0 radical (unpaired) electrons. The molecule has 0 aliphatic carbocycles. The van der Waals surface area contributed by atoms with E-state index < -0.39 is 6.10 Å². The summed E-state index contributed by atoms with van der Waals surface area (Å²) < 4.78 is 16.9. The SMILES string of the molecule is CCCCC/C=C\C/C=C\CCCCCCCCCCCC(=O)O[C@H](COC(=O)CCC/C=C\C/C=C\C/C=C\CCCCCCCC)COC(=O)CCCCCCCCCCCCCCCCCCC. The Morgan fingerprint density at radius 2 is 0.521 bits per heavy atom. The van der Waals surface area contributed by atoms with Gasteiger partial charge in [-0.1, -0.05) is 274 Å². The first-order chi connectivity index (χ1) is 35.0. The van der Waals surface area contributed by atoms with Crippen LogP contribution in [-0.2, 0) is 28.6 Å². The monoisotopic (exact) mass is 993 g/mol. The van der Waals surface area contributed by atoms with Crippen LogP contribution in [0.2, 0.25) is 0 Å². The molecule has 0 amide bonds. The molecule has 0 N–H and O–H groups in total. The van der Waals surface area contributed by atoms with Gasteiger partial charge < -0.3 is 14.2 Å². The van der Waals surface area contributed by atoms with Crippen molar-refractivity contribution < 1.29 is 28.6 Å². The van der Waals surface area contributed by atoms with Crippen molar-refractivity contribution in [1.82, 2.24) is 0 Å². The van der Waals surface area contributed by atoms with Gasteiger partial charge in [-0.2, -0.15) is 0 Å². The van der Waals surface area contributed by atoms with Gasteiger partial charge in [0.25, 0.3) is 0 Å². The Morgan fingerprint density at radius 3 is 0.873 bits per heavy atom. The van der Waals surface area contributed by atoms with Crippen molar-refractivity contribution >= 4 is 17.9 Å². The van der Waals surface area contributed by atoms with Crippen LogP contribution in [-0.4, -0.2) is 37.2 Å². The van der Waals surface area contributed by atoms with Gasteiger partial charge in [0.2, 0.25) is 0 Å². The minimum atomic E-state index is -0.796. The molecular formula is C65H116O6. The maximum Gasteiger partial charge on any atom is 0.306 e. The average Bonchev–Trinajstić information content (AvgIpc) is 3.37. The van der Waals surface area contributed by atoms with E-state index in [9.17, 15) is 14.4 Å². The fraction of sp³-hybridized carbons (Fsp3) is 0.800. The van der Waals surface area contributed by atoms with E-state index in [1.165, 1.54) is 205 Å². The molecule has 0 heterocycles. The number of hydrogen-bond acceptors (Lipinski definition) is 6. The van der Waals surface area contributed by atoms with Crippen molar-refractivity contribution in [2.75, 3.05) is 13.2 Å². The number of allylic oxidation sites excluding steroid dienone is 10. The van der Waals surface area contributed by atoms with Crippen LogP contribution in [0.1, 0.15) is 316 Å². The molecule has 0 bridgehead atoms. The normalized spacial score (nSPS) is 12.4. The second kappa shape index (κ2) is 59.7. The molecule has 0 unspecified atom stereocenters. The van der Waals surface area contributed by atoms with E-state index in [-0.39, 0.29) is 37.5 Å². The molecule has 412 valence electrons. The Balaban J connectivity index is 4.42. The van der Waals surface area contributed by atoms with E-state index in [0.717, 1.165) is 64.2 Å². The molecule has 0 aliphatic rings. The summed E-state index contributed by atoms with van der Waals surface area (Å²) in [4.78, 5) is 38.2. The lowest BCUT2D eigenvalue weighted by Crippen LogP contribution is -2.30. The topological polar surface area (TPSA) is 78.9 Å². The zero-order chi connectivity index (χ0) is 51.4. The van der Waals surface area contributed by atoms with Crippen LogP contribution < -0.4 is 0 Å². The maximum atomic E-state index is 12.9. The van der Waals surface area contributed by atoms with Crippen LogP contribution in [0.4, 0.5) is 0 Å². The number of unbranched alkanes of at least 4 members (excludes halogenated alkanes) is 35. The Bertz CT molecular complexity index is 1280. The van der Waals surface area contributed by atoms with E-state index in [2.05, 4.69) is 81.5 Å². The van der Waals surface area contributed by atoms with Gasteiger partial charge in [0, 0.05) is 19.3 Å². The number of ether oxygens (including phenoxy) is 3. The van der Waals surface area contributed by atoms with Crippen LogP contribution in [0.5, 0.6) is 0 Å². The van der Waals surface area contributed by atoms with E-state index in [0.29, 0.717) is 19.3 Å². The van der Waals surface area contributed by atoms with E-state index >= 15 is 0 Å². The first kappa shape index (κ1) is 68.1. The van der Waals surface area contributed by atoms with Gasteiger partial charge in [-0.25, -0.2) is 0 Å². The van der Waals surface area contributed by atoms with Crippen LogP contribution in [0.15, 0.2) is 60.8 Å². The van der Waals surface area contributed by atoms with Crippen molar-refractivity contribution in [1.29, 1.82) is 0 Å². The summed E-state index contributed by atoms with van der Waals surface area (Å²) in [5.74, 6) is -0.931. The standard InChI is InChI=1S/C65H116O6/c1-4-7-10-13-16-19-22-25-28-31-32-35-38-41-44-47-50-53-56-59-65(68)71-62(60-69-63(66)57-54-51-48-45-42-39-36-33-29-26-23-20-17-14-11-8-5-2)61-70-64(67)58-55-52-49-46-43-40-37-34-30-27-24-21-18-15-12-9-6-3/h16,19,25-26,28-29,36,39,45,48,62H,4-15,17-18,20-24,27,30-35,37-38,40-44,46-47,49-61H2,1-3H3/b19-16-,28-25-,29-26-,39-36-,48-45-/t62-/m1/s1. The zero-order valence-corrected chi connectivity index (χ0v) is 47.2. The quantitative estimate of drug-likeness (QED) is 0.0261. The Morgan fingerprint density at radius 1 is 0.282 bits per heavy atom. The summed E-state index contributed by atoms with van der Waals surface area (Å²) in [5, 5.41) is 0. The molecule has 1 atom stereocenters. The highest BCUT2D eigenvalue weighted by Crippen LogP contribution is 2.16. The third-order valence-electron chi connectivity index (χ3n) is 13.5. The number of hydrogen-bond donors (Lipinski definition) is 0. The molecule has 0 saturated carbocycles. The third kappa shape index (κ3) is 57.9. The first-order valence-corrected chi connectivity index (χ1v) is 30.8. The molecule has 0 aromatic heterocycles. The highest BCUT2D eigenvalue weighted by atomic mass is 16.6. The summed E-state index contributed by atoms with van der Waals surface area (Å²) in [6, 6.07) is 0. The average molecular weight is 994 g/mol.